The molecule has 0 atom stereocenters. The molecule has 0 fully saturated rings. The second-order valence-corrected chi connectivity index (χ2v) is 7.51. The number of nitrogens with one attached hydrogen (secondary N) is 2. The van der Waals surface area contributed by atoms with E-state index in [1.54, 1.807) is 35.4 Å². The lowest BCUT2D eigenvalue weighted by atomic mass is 10.2. The highest BCUT2D eigenvalue weighted by Gasteiger charge is 2.26. The minimum Gasteiger partial charge on any atom is -0.347 e. The van der Waals surface area contributed by atoms with Crippen molar-refractivity contribution in [3.8, 4) is 0 Å². The topological polar surface area (TPSA) is 64.7 Å². The van der Waals surface area contributed by atoms with E-state index in [4.69, 9.17) is 0 Å². The monoisotopic (exact) mass is 392 g/mol. The van der Waals surface area contributed by atoms with Crippen molar-refractivity contribution >= 4 is 40.2 Å². The standard InChI is InChI=1S/C21H20N4O2S/c1-24-18-6-2-3-7-19(18)25(14-20(24)26)23-16-10-8-15(9-11-16)21(27)22-13-17-5-4-12-28-17/h2-12,23H,13-14H2,1H3,(H,22,27). The van der Waals surface area contributed by atoms with Crippen LogP contribution in [0.4, 0.5) is 17.1 Å². The van der Waals surface area contributed by atoms with Crippen molar-refractivity contribution in [1.82, 2.24) is 5.32 Å². The van der Waals surface area contributed by atoms with Crippen molar-refractivity contribution in [3.63, 3.8) is 0 Å². The molecule has 7 heteroatoms. The average Bonchev–Trinajstić information content (AvgIpc) is 3.24. The van der Waals surface area contributed by atoms with Gasteiger partial charge in [-0.05, 0) is 47.8 Å². The summed E-state index contributed by atoms with van der Waals surface area (Å²) in [5.74, 6) is -0.101. The summed E-state index contributed by atoms with van der Waals surface area (Å²) in [6.45, 7) is 0.757. The third-order valence-corrected chi connectivity index (χ3v) is 5.49. The maximum Gasteiger partial charge on any atom is 0.251 e. The number of carbonyl (C=O) groups excluding carboxylic acids is 2. The lowest BCUT2D eigenvalue weighted by molar-refractivity contribution is -0.117. The van der Waals surface area contributed by atoms with Gasteiger partial charge in [-0.1, -0.05) is 18.2 Å². The molecule has 3 aromatic rings. The van der Waals surface area contributed by atoms with Gasteiger partial charge in [0.15, 0.2) is 0 Å². The molecule has 6 nitrogen and oxygen atoms in total. The fourth-order valence-corrected chi connectivity index (χ4v) is 3.72. The van der Waals surface area contributed by atoms with Gasteiger partial charge in [0.1, 0.15) is 6.54 Å². The fraction of sp³-hybridized carbons (Fsp3) is 0.143. The molecule has 0 saturated heterocycles. The van der Waals surface area contributed by atoms with E-state index >= 15 is 0 Å². The van der Waals surface area contributed by atoms with Crippen LogP contribution in [0.1, 0.15) is 15.2 Å². The Morgan fingerprint density at radius 3 is 2.50 bits per heavy atom. The Labute approximate surface area is 167 Å². The van der Waals surface area contributed by atoms with Crippen molar-refractivity contribution in [2.75, 3.05) is 28.9 Å². The van der Waals surface area contributed by atoms with Crippen LogP contribution in [0.2, 0.25) is 0 Å². The normalized spacial score (nSPS) is 13.2. The molecule has 2 heterocycles. The molecule has 0 spiro atoms. The summed E-state index contributed by atoms with van der Waals surface area (Å²) in [5.41, 5.74) is 6.46. The summed E-state index contributed by atoms with van der Waals surface area (Å²) in [5, 5.41) is 6.73. The van der Waals surface area contributed by atoms with E-state index in [0.29, 0.717) is 12.1 Å². The van der Waals surface area contributed by atoms with E-state index in [1.165, 1.54) is 0 Å². The van der Waals surface area contributed by atoms with Crippen LogP contribution in [0.15, 0.2) is 66.0 Å². The van der Waals surface area contributed by atoms with E-state index in [2.05, 4.69) is 10.7 Å². The summed E-state index contributed by atoms with van der Waals surface area (Å²) in [6, 6.07) is 18.9. The zero-order chi connectivity index (χ0) is 19.5. The van der Waals surface area contributed by atoms with E-state index in [-0.39, 0.29) is 18.4 Å². The minimum absolute atomic E-state index is 0.00998. The zero-order valence-electron chi connectivity index (χ0n) is 15.4. The van der Waals surface area contributed by atoms with Gasteiger partial charge in [0.2, 0.25) is 5.91 Å². The first-order valence-corrected chi connectivity index (χ1v) is 9.80. The molecule has 142 valence electrons. The van der Waals surface area contributed by atoms with Gasteiger partial charge in [-0.3, -0.25) is 20.0 Å². The second-order valence-electron chi connectivity index (χ2n) is 6.48. The van der Waals surface area contributed by atoms with Gasteiger partial charge < -0.3 is 10.2 Å². The van der Waals surface area contributed by atoms with Gasteiger partial charge >= 0.3 is 0 Å². The Hall–Kier alpha value is -3.32. The van der Waals surface area contributed by atoms with Crippen molar-refractivity contribution in [2.45, 2.75) is 6.54 Å². The van der Waals surface area contributed by atoms with E-state index in [1.807, 2.05) is 58.9 Å². The van der Waals surface area contributed by atoms with Gasteiger partial charge in [-0.2, -0.15) is 0 Å². The SMILES string of the molecule is CN1C(=O)CN(Nc2ccc(C(=O)NCc3cccs3)cc2)c2ccccc21. The molecular formula is C21H20N4O2S. The summed E-state index contributed by atoms with van der Waals surface area (Å²) in [4.78, 5) is 27.3. The number of amides is 2. The van der Waals surface area contributed by atoms with E-state index in [0.717, 1.165) is 21.9 Å². The van der Waals surface area contributed by atoms with Crippen LogP contribution < -0.4 is 20.7 Å². The number of carbonyl (C=O) groups is 2. The number of hydrogen-bond acceptors (Lipinski definition) is 5. The van der Waals surface area contributed by atoms with Gasteiger partial charge in [0.05, 0.1) is 23.6 Å². The summed E-state index contributed by atoms with van der Waals surface area (Å²) < 4.78 is 0. The molecule has 2 aromatic carbocycles. The Morgan fingerprint density at radius 1 is 1.04 bits per heavy atom. The average molecular weight is 392 g/mol. The Morgan fingerprint density at radius 2 is 1.79 bits per heavy atom. The number of anilines is 3. The van der Waals surface area contributed by atoms with Crippen LogP contribution in [-0.2, 0) is 11.3 Å². The molecule has 0 unspecified atom stereocenters. The zero-order valence-corrected chi connectivity index (χ0v) is 16.2. The molecular weight excluding hydrogens is 372 g/mol. The first-order chi connectivity index (χ1) is 13.6. The third-order valence-electron chi connectivity index (χ3n) is 4.62. The van der Waals surface area contributed by atoms with Crippen LogP contribution in [0.5, 0.6) is 0 Å². The number of thiophene rings is 1. The van der Waals surface area contributed by atoms with E-state index < -0.39 is 0 Å². The van der Waals surface area contributed by atoms with Gasteiger partial charge in [0, 0.05) is 17.5 Å². The lowest BCUT2D eigenvalue weighted by Gasteiger charge is -2.35. The molecule has 0 bridgehead atoms. The summed E-state index contributed by atoms with van der Waals surface area (Å²) in [6.07, 6.45) is 0. The van der Waals surface area contributed by atoms with Crippen LogP contribution in [0.25, 0.3) is 0 Å². The number of hydrazine groups is 1. The smallest absolute Gasteiger partial charge is 0.251 e. The molecule has 28 heavy (non-hydrogen) atoms. The lowest BCUT2D eigenvalue weighted by Crippen LogP contribution is -2.46. The van der Waals surface area contributed by atoms with E-state index in [9.17, 15) is 9.59 Å². The van der Waals surface area contributed by atoms with Crippen molar-refractivity contribution in [2.24, 2.45) is 0 Å². The van der Waals surface area contributed by atoms with Crippen LogP contribution >= 0.6 is 11.3 Å². The van der Waals surface area contributed by atoms with Crippen LogP contribution in [0, 0.1) is 0 Å². The first-order valence-electron chi connectivity index (χ1n) is 8.92. The highest BCUT2D eigenvalue weighted by Crippen LogP contribution is 2.32. The Kier molecular flexibility index (Phi) is 4.99. The first kappa shape index (κ1) is 18.1. The largest absolute Gasteiger partial charge is 0.347 e. The number of fused-ring (bicyclic) bond motifs is 1. The van der Waals surface area contributed by atoms with Crippen molar-refractivity contribution in [3.05, 3.63) is 76.5 Å². The van der Waals surface area contributed by atoms with Crippen LogP contribution in [-0.4, -0.2) is 25.4 Å². The number of rotatable bonds is 5. The second kappa shape index (κ2) is 7.74. The number of benzene rings is 2. The quantitative estimate of drug-likeness (QED) is 0.698. The predicted octanol–water partition coefficient (Wildman–Crippen LogP) is 3.49. The molecule has 4 rings (SSSR count). The highest BCUT2D eigenvalue weighted by atomic mass is 32.1. The van der Waals surface area contributed by atoms with Gasteiger partial charge in [-0.25, -0.2) is 0 Å². The van der Waals surface area contributed by atoms with Crippen LogP contribution in [0.3, 0.4) is 0 Å². The molecule has 0 aliphatic carbocycles. The molecule has 1 aliphatic heterocycles. The molecule has 2 amide bonds. The molecule has 0 radical (unpaired) electrons. The Bertz CT molecular complexity index is 986. The summed E-state index contributed by atoms with van der Waals surface area (Å²) >= 11 is 1.62. The molecule has 2 N–H and O–H groups in total. The number of hydrogen-bond donors (Lipinski definition) is 2. The van der Waals surface area contributed by atoms with Gasteiger partial charge in [-0.15, -0.1) is 11.3 Å². The van der Waals surface area contributed by atoms with Crippen molar-refractivity contribution in [1.29, 1.82) is 0 Å². The van der Waals surface area contributed by atoms with Gasteiger partial charge in [0.25, 0.3) is 5.91 Å². The minimum atomic E-state index is -0.111. The Balaban J connectivity index is 1.44. The number of nitrogens with zero attached hydrogens (tertiary/aromatic N) is 2. The molecule has 0 saturated carbocycles. The maximum absolute atomic E-state index is 12.3. The predicted molar refractivity (Wildman–Crippen MR) is 113 cm³/mol. The highest BCUT2D eigenvalue weighted by molar-refractivity contribution is 7.09. The fourth-order valence-electron chi connectivity index (χ4n) is 3.07. The summed E-state index contributed by atoms with van der Waals surface area (Å²) in [7, 11) is 1.78. The number of para-hydroxylation sites is 2. The number of likely N-dealkylation sites (N-methyl/N-ethyl adjacent to an activating group) is 1. The molecule has 1 aromatic heterocycles. The maximum atomic E-state index is 12.3. The molecule has 1 aliphatic rings. The third kappa shape index (κ3) is 3.70. The van der Waals surface area contributed by atoms with Crippen molar-refractivity contribution < 1.29 is 9.59 Å².